The van der Waals surface area contributed by atoms with E-state index in [1.54, 1.807) is 0 Å². The van der Waals surface area contributed by atoms with Crippen LogP contribution in [0.4, 0.5) is 5.95 Å². The maximum absolute atomic E-state index is 13.3. The summed E-state index contributed by atoms with van der Waals surface area (Å²) < 4.78 is 0. The van der Waals surface area contributed by atoms with Crippen molar-refractivity contribution in [2.45, 2.75) is 85.5 Å². The molecule has 186 valence electrons. The number of nitrogens with one attached hydrogen (secondary N) is 2. The molecule has 0 fully saturated rings. The maximum Gasteiger partial charge on any atom is 0.230 e. The molecular weight excluding hydrogens is 428 g/mol. The first-order valence-electron chi connectivity index (χ1n) is 12.3. The lowest BCUT2D eigenvalue weighted by atomic mass is 9.83. The number of ketones is 1. The Labute approximate surface area is 203 Å². The van der Waals surface area contributed by atoms with E-state index in [9.17, 15) is 14.4 Å². The molecule has 2 amide bonds. The van der Waals surface area contributed by atoms with Crippen molar-refractivity contribution in [3.8, 4) is 0 Å². The number of benzene rings is 1. The van der Waals surface area contributed by atoms with Gasteiger partial charge in [-0.25, -0.2) is 4.98 Å². The van der Waals surface area contributed by atoms with E-state index in [4.69, 9.17) is 5.73 Å². The van der Waals surface area contributed by atoms with Gasteiger partial charge >= 0.3 is 0 Å². The molecule has 7 heteroatoms. The number of carbonyl (C=O) groups excluding carboxylic acids is 3. The van der Waals surface area contributed by atoms with Crippen LogP contribution in [0.3, 0.4) is 0 Å². The summed E-state index contributed by atoms with van der Waals surface area (Å²) in [5.41, 5.74) is 7.50. The lowest BCUT2D eigenvalue weighted by Crippen LogP contribution is -2.31. The number of hydrogen-bond acceptors (Lipinski definition) is 4. The van der Waals surface area contributed by atoms with Crippen LogP contribution in [0, 0.1) is 11.3 Å². The van der Waals surface area contributed by atoms with Gasteiger partial charge in [-0.3, -0.25) is 19.7 Å². The van der Waals surface area contributed by atoms with Crippen LogP contribution in [0.1, 0.15) is 83.2 Å². The number of aromatic amines is 1. The zero-order valence-electron chi connectivity index (χ0n) is 21.1. The highest BCUT2D eigenvalue weighted by molar-refractivity contribution is 5.95. The molecule has 0 bridgehead atoms. The van der Waals surface area contributed by atoms with Crippen molar-refractivity contribution in [3.05, 3.63) is 47.3 Å². The monoisotopic (exact) mass is 468 g/mol. The van der Waals surface area contributed by atoms with Gasteiger partial charge in [0.25, 0.3) is 0 Å². The van der Waals surface area contributed by atoms with Crippen molar-refractivity contribution in [1.29, 1.82) is 0 Å². The molecule has 1 atom stereocenters. The van der Waals surface area contributed by atoms with E-state index in [0.717, 1.165) is 49.1 Å². The number of H-pyrrole nitrogens is 1. The Morgan fingerprint density at radius 1 is 1.06 bits per heavy atom. The number of primary amides is 1. The molecule has 4 N–H and O–H groups in total. The Morgan fingerprint density at radius 3 is 2.38 bits per heavy atom. The predicted molar refractivity (Wildman–Crippen MR) is 135 cm³/mol. The number of carbonyl (C=O) groups is 3. The second-order valence-electron chi connectivity index (χ2n) is 10.0. The number of nitrogens with zero attached hydrogens (tertiary/aromatic N) is 1. The normalized spacial score (nSPS) is 12.4. The van der Waals surface area contributed by atoms with E-state index in [1.807, 2.05) is 51.1 Å². The largest absolute Gasteiger partial charge is 0.370 e. The van der Waals surface area contributed by atoms with Crippen LogP contribution in [-0.2, 0) is 33.6 Å². The average Bonchev–Trinajstić information content (AvgIpc) is 3.16. The van der Waals surface area contributed by atoms with E-state index in [0.29, 0.717) is 18.8 Å². The van der Waals surface area contributed by atoms with Gasteiger partial charge in [-0.2, -0.15) is 0 Å². The smallest absolute Gasteiger partial charge is 0.230 e. The van der Waals surface area contributed by atoms with Crippen LogP contribution in [0.5, 0.6) is 0 Å². The van der Waals surface area contributed by atoms with Crippen molar-refractivity contribution in [1.82, 2.24) is 9.97 Å². The lowest BCUT2D eigenvalue weighted by molar-refractivity contribution is -0.130. The molecule has 0 aliphatic heterocycles. The van der Waals surface area contributed by atoms with E-state index >= 15 is 0 Å². The summed E-state index contributed by atoms with van der Waals surface area (Å²) in [7, 11) is 0. The summed E-state index contributed by atoms with van der Waals surface area (Å²) in [6.07, 6.45) is 6.48. The minimum absolute atomic E-state index is 0.0433. The topological polar surface area (TPSA) is 118 Å². The molecule has 0 saturated heterocycles. The van der Waals surface area contributed by atoms with Gasteiger partial charge in [0.1, 0.15) is 5.78 Å². The quantitative estimate of drug-likeness (QED) is 0.347. The third kappa shape index (κ3) is 9.12. The predicted octanol–water partition coefficient (Wildman–Crippen LogP) is 4.75. The Bertz CT molecular complexity index is 945. The molecule has 1 heterocycles. The van der Waals surface area contributed by atoms with Crippen molar-refractivity contribution < 1.29 is 14.4 Å². The third-order valence-corrected chi connectivity index (χ3v) is 5.96. The first-order chi connectivity index (χ1) is 16.1. The van der Waals surface area contributed by atoms with Crippen LogP contribution in [-0.4, -0.2) is 27.6 Å². The number of Topliss-reactive ketones (excluding diaryl/α,β-unsaturated/α-hetero) is 1. The van der Waals surface area contributed by atoms with Gasteiger partial charge in [-0.05, 0) is 24.8 Å². The zero-order chi connectivity index (χ0) is 25.1. The van der Waals surface area contributed by atoms with Crippen LogP contribution < -0.4 is 11.1 Å². The molecule has 0 radical (unpaired) electrons. The third-order valence-electron chi connectivity index (χ3n) is 5.96. The number of anilines is 1. The van der Waals surface area contributed by atoms with Gasteiger partial charge in [-0.15, -0.1) is 0 Å². The molecule has 0 unspecified atom stereocenters. The zero-order valence-corrected chi connectivity index (χ0v) is 21.1. The molecule has 7 nitrogen and oxygen atoms in total. The van der Waals surface area contributed by atoms with E-state index in [2.05, 4.69) is 22.2 Å². The molecule has 1 aromatic carbocycles. The summed E-state index contributed by atoms with van der Waals surface area (Å²) in [5.74, 6) is -0.734. The number of imidazole rings is 1. The molecule has 1 aromatic heterocycles. The Hall–Kier alpha value is -2.96. The highest BCUT2D eigenvalue weighted by Crippen LogP contribution is 2.24. The summed E-state index contributed by atoms with van der Waals surface area (Å²) in [4.78, 5) is 45.1. The number of unbranched alkanes of at least 4 members (excludes halogenated alkanes) is 3. The summed E-state index contributed by atoms with van der Waals surface area (Å²) in [6, 6.07) is 9.71. The fraction of sp³-hybridized carbons (Fsp3) is 0.556. The van der Waals surface area contributed by atoms with Gasteiger partial charge in [0.15, 0.2) is 0 Å². The minimum atomic E-state index is -0.520. The van der Waals surface area contributed by atoms with Crippen molar-refractivity contribution in [2.75, 3.05) is 5.32 Å². The molecule has 2 aromatic rings. The number of aromatic nitrogens is 2. The van der Waals surface area contributed by atoms with Crippen LogP contribution in [0.15, 0.2) is 30.3 Å². The highest BCUT2D eigenvalue weighted by Gasteiger charge is 2.29. The van der Waals surface area contributed by atoms with Crippen molar-refractivity contribution in [3.63, 3.8) is 0 Å². The number of hydrogen-bond donors (Lipinski definition) is 3. The van der Waals surface area contributed by atoms with Gasteiger partial charge in [0.2, 0.25) is 17.8 Å². The Balaban J connectivity index is 2.19. The van der Waals surface area contributed by atoms with Gasteiger partial charge in [0, 0.05) is 36.3 Å². The Kier molecular flexibility index (Phi) is 10.5. The molecule has 0 spiro atoms. The van der Waals surface area contributed by atoms with Gasteiger partial charge < -0.3 is 10.7 Å². The van der Waals surface area contributed by atoms with Crippen LogP contribution in [0.2, 0.25) is 0 Å². The van der Waals surface area contributed by atoms with Crippen molar-refractivity contribution >= 4 is 23.5 Å². The van der Waals surface area contributed by atoms with Gasteiger partial charge in [0.05, 0.1) is 5.69 Å². The lowest BCUT2D eigenvalue weighted by Gasteiger charge is -2.21. The first kappa shape index (κ1) is 27.3. The minimum Gasteiger partial charge on any atom is -0.370 e. The van der Waals surface area contributed by atoms with E-state index in [1.165, 1.54) is 0 Å². The number of nitrogens with two attached hydrogens (primary N) is 1. The molecule has 0 aliphatic carbocycles. The number of rotatable bonds is 14. The standard InChI is InChI=1S/C27H40N4O3/c1-5-6-7-11-14-21-22(15-16-24(28)33)30-26(29-21)31-25(34)20(18-23(32)27(2,3)4)17-19-12-9-8-10-13-19/h8-10,12-13,20H,5-7,11,14-18H2,1-4H3,(H2,28,33)(H2,29,30,31,34)/t20-/m1/s1. The van der Waals surface area contributed by atoms with Crippen LogP contribution in [0.25, 0.3) is 0 Å². The fourth-order valence-corrected chi connectivity index (χ4v) is 3.79. The fourth-order valence-electron chi connectivity index (χ4n) is 3.79. The number of aryl methyl sites for hydroxylation is 2. The second-order valence-corrected chi connectivity index (χ2v) is 10.0. The number of amides is 2. The first-order valence-corrected chi connectivity index (χ1v) is 12.3. The van der Waals surface area contributed by atoms with Crippen LogP contribution >= 0.6 is 0 Å². The molecule has 0 aliphatic rings. The average molecular weight is 469 g/mol. The summed E-state index contributed by atoms with van der Waals surface area (Å²) in [6.45, 7) is 7.78. The molecule has 2 rings (SSSR count). The molecule has 34 heavy (non-hydrogen) atoms. The van der Waals surface area contributed by atoms with Gasteiger partial charge in [-0.1, -0.05) is 77.3 Å². The molecular formula is C27H40N4O3. The van der Waals surface area contributed by atoms with E-state index in [-0.39, 0.29) is 30.4 Å². The van der Waals surface area contributed by atoms with Crippen molar-refractivity contribution in [2.24, 2.45) is 17.1 Å². The summed E-state index contributed by atoms with van der Waals surface area (Å²) in [5, 5.41) is 2.90. The Morgan fingerprint density at radius 2 is 1.76 bits per heavy atom. The highest BCUT2D eigenvalue weighted by atomic mass is 16.2. The maximum atomic E-state index is 13.3. The van der Waals surface area contributed by atoms with E-state index < -0.39 is 11.3 Å². The second kappa shape index (κ2) is 13.1. The molecule has 0 saturated carbocycles. The SMILES string of the molecule is CCCCCCc1[nH]c(NC(=O)[C@@H](CC(=O)C(C)(C)C)Cc2ccccc2)nc1CCC(N)=O. The summed E-state index contributed by atoms with van der Waals surface area (Å²) >= 11 is 0.